The Morgan fingerprint density at radius 3 is 2.72 bits per heavy atom. The summed E-state index contributed by atoms with van der Waals surface area (Å²) in [5, 5.41) is 10.8. The van der Waals surface area contributed by atoms with Gasteiger partial charge in [0.05, 0.1) is 16.5 Å². The largest absolute Gasteiger partial charge is 0.387 e. The van der Waals surface area contributed by atoms with Gasteiger partial charge in [-0.2, -0.15) is 0 Å². The van der Waals surface area contributed by atoms with Crippen LogP contribution in [0.3, 0.4) is 0 Å². The Kier molecular flexibility index (Phi) is 5.28. The number of nitrogens with one attached hydrogen (secondary N) is 1. The van der Waals surface area contributed by atoms with Gasteiger partial charge >= 0.3 is 0 Å². The van der Waals surface area contributed by atoms with Crippen LogP contribution < -0.4 is 5.73 Å². The van der Waals surface area contributed by atoms with Gasteiger partial charge in [0.15, 0.2) is 0 Å². The smallest absolute Gasteiger partial charge is 0.0963 e. The second-order valence-corrected chi connectivity index (χ2v) is 6.56. The predicted molar refractivity (Wildman–Crippen MR) is 78.1 cm³/mol. The highest BCUT2D eigenvalue weighted by Gasteiger charge is 2.20. The minimum absolute atomic E-state index is 0.182. The van der Waals surface area contributed by atoms with Crippen LogP contribution in [0.2, 0.25) is 0 Å². The molecule has 0 saturated carbocycles. The molecule has 1 aromatic heterocycles. The fraction of sp³-hybridized carbons (Fsp3) is 0.692. The van der Waals surface area contributed by atoms with Gasteiger partial charge in [-0.25, -0.2) is 4.98 Å². The minimum atomic E-state index is -0.182. The van der Waals surface area contributed by atoms with E-state index in [1.54, 1.807) is 11.3 Å². The molecule has 0 saturated heterocycles. The Balaban J connectivity index is 2.29. The first-order valence-corrected chi connectivity index (χ1v) is 7.13. The lowest BCUT2D eigenvalue weighted by atomic mass is 9.86. The molecule has 1 aromatic rings. The Bertz CT molecular complexity index is 397. The zero-order valence-electron chi connectivity index (χ0n) is 11.8. The molecule has 0 aromatic carbocycles. The van der Waals surface area contributed by atoms with Crippen molar-refractivity contribution < 1.29 is 0 Å². The first-order valence-electron chi connectivity index (χ1n) is 6.25. The van der Waals surface area contributed by atoms with Crippen molar-refractivity contribution >= 4 is 17.2 Å². The van der Waals surface area contributed by atoms with Crippen molar-refractivity contribution in [3.63, 3.8) is 0 Å². The van der Waals surface area contributed by atoms with E-state index in [2.05, 4.69) is 22.3 Å². The van der Waals surface area contributed by atoms with Gasteiger partial charge < -0.3 is 10.6 Å². The van der Waals surface area contributed by atoms with Crippen molar-refractivity contribution in [1.82, 2.24) is 9.88 Å². The number of nitrogens with two attached hydrogens (primary N) is 1. The van der Waals surface area contributed by atoms with Crippen LogP contribution >= 0.6 is 11.3 Å². The summed E-state index contributed by atoms with van der Waals surface area (Å²) in [7, 11) is 2.11. The summed E-state index contributed by atoms with van der Waals surface area (Å²) in [6, 6.07) is 0. The van der Waals surface area contributed by atoms with Crippen molar-refractivity contribution in [2.24, 2.45) is 11.1 Å². The molecule has 1 heterocycles. The lowest BCUT2D eigenvalue weighted by molar-refractivity contribution is 0.298. The van der Waals surface area contributed by atoms with Crippen LogP contribution in [0.15, 0.2) is 5.38 Å². The summed E-state index contributed by atoms with van der Waals surface area (Å²) < 4.78 is 0. The van der Waals surface area contributed by atoms with Crippen molar-refractivity contribution in [3.8, 4) is 0 Å². The molecular formula is C13H24N4S. The molecule has 102 valence electrons. The van der Waals surface area contributed by atoms with Crippen LogP contribution in [0, 0.1) is 17.7 Å². The van der Waals surface area contributed by atoms with Crippen LogP contribution in [0.4, 0.5) is 0 Å². The van der Waals surface area contributed by atoms with Crippen molar-refractivity contribution in [2.45, 2.75) is 40.2 Å². The standard InChI is InChI=1S/C13H24N4S/c1-10-16-11(9-18-10)8-17(4)7-5-6-13(2,3)12(14)15/h9H,5-8H2,1-4H3,(H3,14,15). The summed E-state index contributed by atoms with van der Waals surface area (Å²) in [4.78, 5) is 6.73. The van der Waals surface area contributed by atoms with E-state index in [1.807, 2.05) is 20.8 Å². The number of nitrogens with zero attached hydrogens (tertiary/aromatic N) is 2. The molecular weight excluding hydrogens is 244 g/mol. The maximum absolute atomic E-state index is 7.52. The van der Waals surface area contributed by atoms with Crippen molar-refractivity contribution in [1.29, 1.82) is 5.41 Å². The fourth-order valence-electron chi connectivity index (χ4n) is 1.76. The summed E-state index contributed by atoms with van der Waals surface area (Å²) in [6.07, 6.45) is 2.00. The molecule has 3 N–H and O–H groups in total. The molecule has 18 heavy (non-hydrogen) atoms. The Labute approximate surface area is 114 Å². The number of rotatable bonds is 7. The van der Waals surface area contributed by atoms with E-state index in [0.29, 0.717) is 0 Å². The van der Waals surface area contributed by atoms with Crippen molar-refractivity contribution in [2.75, 3.05) is 13.6 Å². The number of thiazole rings is 1. The fourth-order valence-corrected chi connectivity index (χ4v) is 2.37. The number of aromatic nitrogens is 1. The predicted octanol–water partition coefficient (Wildman–Crippen LogP) is 2.63. The molecule has 0 aliphatic heterocycles. The normalized spacial score (nSPS) is 12.1. The first kappa shape index (κ1) is 15.1. The maximum Gasteiger partial charge on any atom is 0.0963 e. The molecule has 0 radical (unpaired) electrons. The molecule has 0 spiro atoms. The summed E-state index contributed by atoms with van der Waals surface area (Å²) in [5.41, 5.74) is 6.54. The molecule has 0 amide bonds. The highest BCUT2D eigenvalue weighted by molar-refractivity contribution is 7.09. The van der Waals surface area contributed by atoms with E-state index in [4.69, 9.17) is 11.1 Å². The van der Waals surface area contributed by atoms with E-state index in [-0.39, 0.29) is 11.3 Å². The molecule has 0 atom stereocenters. The lowest BCUT2D eigenvalue weighted by Crippen LogP contribution is -2.31. The molecule has 0 aliphatic rings. The van der Waals surface area contributed by atoms with E-state index in [9.17, 15) is 0 Å². The minimum Gasteiger partial charge on any atom is -0.387 e. The molecule has 0 aliphatic carbocycles. The molecule has 0 fully saturated rings. The van der Waals surface area contributed by atoms with Gasteiger partial charge in [-0.05, 0) is 33.4 Å². The Hall–Kier alpha value is -0.940. The van der Waals surface area contributed by atoms with E-state index in [1.165, 1.54) is 0 Å². The number of aryl methyl sites for hydroxylation is 1. The van der Waals surface area contributed by atoms with Crippen LogP contribution in [-0.4, -0.2) is 29.3 Å². The highest BCUT2D eigenvalue weighted by atomic mass is 32.1. The lowest BCUT2D eigenvalue weighted by Gasteiger charge is -2.24. The maximum atomic E-state index is 7.52. The zero-order chi connectivity index (χ0) is 13.8. The van der Waals surface area contributed by atoms with Crippen LogP contribution in [-0.2, 0) is 6.54 Å². The average Bonchev–Trinajstić information content (AvgIpc) is 2.63. The quantitative estimate of drug-likeness (QED) is 0.590. The first-order chi connectivity index (χ1) is 8.31. The second kappa shape index (κ2) is 6.29. The Morgan fingerprint density at radius 2 is 2.22 bits per heavy atom. The molecule has 0 unspecified atom stereocenters. The zero-order valence-corrected chi connectivity index (χ0v) is 12.6. The van der Waals surface area contributed by atoms with Gasteiger partial charge in [-0.1, -0.05) is 13.8 Å². The van der Waals surface area contributed by atoms with Gasteiger partial charge in [0, 0.05) is 17.3 Å². The second-order valence-electron chi connectivity index (χ2n) is 5.50. The van der Waals surface area contributed by atoms with E-state index in [0.717, 1.165) is 36.6 Å². The third kappa shape index (κ3) is 4.74. The van der Waals surface area contributed by atoms with Gasteiger partial charge in [0.25, 0.3) is 0 Å². The number of hydrogen-bond donors (Lipinski definition) is 2. The van der Waals surface area contributed by atoms with Crippen LogP contribution in [0.25, 0.3) is 0 Å². The summed E-state index contributed by atoms with van der Waals surface area (Å²) >= 11 is 1.70. The Morgan fingerprint density at radius 1 is 1.56 bits per heavy atom. The summed E-state index contributed by atoms with van der Waals surface area (Å²) in [6.45, 7) is 7.99. The third-order valence-corrected chi connectivity index (χ3v) is 3.99. The van der Waals surface area contributed by atoms with E-state index < -0.39 is 0 Å². The average molecular weight is 268 g/mol. The van der Waals surface area contributed by atoms with Gasteiger partial charge in [-0.3, -0.25) is 5.41 Å². The third-order valence-electron chi connectivity index (χ3n) is 3.17. The monoisotopic (exact) mass is 268 g/mol. The van der Waals surface area contributed by atoms with Crippen LogP contribution in [0.5, 0.6) is 0 Å². The number of amidine groups is 1. The van der Waals surface area contributed by atoms with Crippen LogP contribution in [0.1, 0.15) is 37.4 Å². The topological polar surface area (TPSA) is 66.0 Å². The van der Waals surface area contributed by atoms with E-state index >= 15 is 0 Å². The highest BCUT2D eigenvalue weighted by Crippen LogP contribution is 2.21. The number of hydrogen-bond acceptors (Lipinski definition) is 4. The van der Waals surface area contributed by atoms with Gasteiger partial charge in [0.2, 0.25) is 0 Å². The van der Waals surface area contributed by atoms with Gasteiger partial charge in [-0.15, -0.1) is 11.3 Å². The molecule has 1 rings (SSSR count). The van der Waals surface area contributed by atoms with Gasteiger partial charge in [0.1, 0.15) is 0 Å². The van der Waals surface area contributed by atoms with Crippen molar-refractivity contribution in [3.05, 3.63) is 16.1 Å². The SMILES string of the molecule is Cc1nc(CN(C)CCCC(C)(C)C(=N)N)cs1. The summed E-state index contributed by atoms with van der Waals surface area (Å²) in [5.74, 6) is 0.278. The molecule has 0 bridgehead atoms. The molecule has 5 heteroatoms. The molecule has 4 nitrogen and oxygen atoms in total.